The summed E-state index contributed by atoms with van der Waals surface area (Å²) in [5.41, 5.74) is 1.52. The fourth-order valence-corrected chi connectivity index (χ4v) is 3.49. The van der Waals surface area contributed by atoms with Gasteiger partial charge in [-0.3, -0.25) is 9.69 Å². The van der Waals surface area contributed by atoms with Crippen LogP contribution in [0, 0.1) is 17.1 Å². The summed E-state index contributed by atoms with van der Waals surface area (Å²) in [4.78, 5) is 16.4. The van der Waals surface area contributed by atoms with Crippen LogP contribution < -0.4 is 9.47 Å². The smallest absolute Gasteiger partial charge is 0.227 e. The zero-order valence-electron chi connectivity index (χ0n) is 16.6. The van der Waals surface area contributed by atoms with E-state index in [0.717, 1.165) is 11.3 Å². The van der Waals surface area contributed by atoms with Crippen molar-refractivity contribution in [2.24, 2.45) is 0 Å². The Balaban J connectivity index is 1.58. The number of amides is 1. The molecule has 0 N–H and O–H groups in total. The van der Waals surface area contributed by atoms with Crippen molar-refractivity contribution in [1.29, 1.82) is 5.26 Å². The average Bonchev–Trinajstić information content (AvgIpc) is 2.75. The SMILES string of the molecule is COc1ccc(C(C#N)N2CCN(C(=O)Cc3ccc(OC)c(F)c3)CC2)cc1. The molecule has 2 aromatic rings. The van der Waals surface area contributed by atoms with Crippen LogP contribution in [0.1, 0.15) is 17.2 Å². The van der Waals surface area contributed by atoms with Crippen LogP contribution in [0.15, 0.2) is 42.5 Å². The number of rotatable bonds is 6. The van der Waals surface area contributed by atoms with Gasteiger partial charge in [0.2, 0.25) is 5.91 Å². The molecule has 1 fully saturated rings. The zero-order valence-corrected chi connectivity index (χ0v) is 16.6. The second kappa shape index (κ2) is 9.39. The first-order valence-electron chi connectivity index (χ1n) is 9.43. The minimum absolute atomic E-state index is 0.0489. The van der Waals surface area contributed by atoms with Crippen LogP contribution in [0.25, 0.3) is 0 Å². The molecular weight excluding hydrogens is 373 g/mol. The number of ether oxygens (including phenoxy) is 2. The number of benzene rings is 2. The number of nitriles is 1. The first-order valence-corrected chi connectivity index (χ1v) is 9.43. The van der Waals surface area contributed by atoms with Crippen LogP contribution in [-0.4, -0.2) is 56.1 Å². The third-order valence-electron chi connectivity index (χ3n) is 5.16. The number of carbonyl (C=O) groups excluding carboxylic acids is 1. The van der Waals surface area contributed by atoms with E-state index in [1.165, 1.54) is 19.2 Å². The predicted octanol–water partition coefficient (Wildman–Crippen LogP) is 2.79. The molecule has 152 valence electrons. The van der Waals surface area contributed by atoms with E-state index in [1.807, 2.05) is 24.3 Å². The molecule has 0 spiro atoms. The highest BCUT2D eigenvalue weighted by atomic mass is 19.1. The number of nitrogens with zero attached hydrogens (tertiary/aromatic N) is 3. The van der Waals surface area contributed by atoms with Crippen molar-refractivity contribution in [3.63, 3.8) is 0 Å². The van der Waals surface area contributed by atoms with Crippen LogP contribution in [0.2, 0.25) is 0 Å². The highest BCUT2D eigenvalue weighted by Gasteiger charge is 2.27. The molecule has 1 amide bonds. The van der Waals surface area contributed by atoms with Gasteiger partial charge < -0.3 is 14.4 Å². The summed E-state index contributed by atoms with van der Waals surface area (Å²) < 4.78 is 23.9. The summed E-state index contributed by atoms with van der Waals surface area (Å²) in [6, 6.07) is 14.0. The molecule has 2 aromatic carbocycles. The largest absolute Gasteiger partial charge is 0.497 e. The molecule has 1 aliphatic rings. The summed E-state index contributed by atoms with van der Waals surface area (Å²) in [7, 11) is 3.01. The monoisotopic (exact) mass is 397 g/mol. The van der Waals surface area contributed by atoms with E-state index in [4.69, 9.17) is 9.47 Å². The van der Waals surface area contributed by atoms with E-state index in [1.54, 1.807) is 18.1 Å². The van der Waals surface area contributed by atoms with E-state index < -0.39 is 5.82 Å². The molecule has 1 unspecified atom stereocenters. The van der Waals surface area contributed by atoms with Gasteiger partial charge in [0.1, 0.15) is 11.8 Å². The predicted molar refractivity (Wildman–Crippen MR) is 106 cm³/mol. The first-order chi connectivity index (χ1) is 14.0. The van der Waals surface area contributed by atoms with Crippen molar-refractivity contribution in [1.82, 2.24) is 9.80 Å². The molecule has 6 nitrogen and oxygen atoms in total. The van der Waals surface area contributed by atoms with E-state index >= 15 is 0 Å². The molecule has 1 saturated heterocycles. The minimum Gasteiger partial charge on any atom is -0.497 e. The lowest BCUT2D eigenvalue weighted by molar-refractivity contribution is -0.132. The Labute approximate surface area is 170 Å². The van der Waals surface area contributed by atoms with Crippen molar-refractivity contribution in [2.45, 2.75) is 12.5 Å². The summed E-state index contributed by atoms with van der Waals surface area (Å²) in [6.07, 6.45) is 0.140. The minimum atomic E-state index is -0.473. The van der Waals surface area contributed by atoms with Gasteiger partial charge >= 0.3 is 0 Å². The van der Waals surface area contributed by atoms with Crippen LogP contribution >= 0.6 is 0 Å². The van der Waals surface area contributed by atoms with E-state index in [2.05, 4.69) is 11.0 Å². The molecule has 0 saturated carbocycles. The van der Waals surface area contributed by atoms with Gasteiger partial charge in [0, 0.05) is 26.2 Å². The van der Waals surface area contributed by atoms with Crippen molar-refractivity contribution < 1.29 is 18.7 Å². The Morgan fingerprint density at radius 2 is 1.79 bits per heavy atom. The molecule has 0 aliphatic carbocycles. The van der Waals surface area contributed by atoms with Crippen molar-refractivity contribution in [2.75, 3.05) is 40.4 Å². The summed E-state index contributed by atoms with van der Waals surface area (Å²) >= 11 is 0. The number of halogens is 1. The Kier molecular flexibility index (Phi) is 6.68. The molecule has 1 aliphatic heterocycles. The number of piperazine rings is 1. The van der Waals surface area contributed by atoms with Crippen LogP contribution in [0.5, 0.6) is 11.5 Å². The van der Waals surface area contributed by atoms with Gasteiger partial charge in [-0.15, -0.1) is 0 Å². The molecule has 0 aromatic heterocycles. The molecule has 0 bridgehead atoms. The lowest BCUT2D eigenvalue weighted by atomic mass is 10.0. The second-order valence-corrected chi connectivity index (χ2v) is 6.87. The summed E-state index contributed by atoms with van der Waals surface area (Å²) in [6.45, 7) is 2.28. The van der Waals surface area contributed by atoms with Gasteiger partial charge in [0.15, 0.2) is 11.6 Å². The van der Waals surface area contributed by atoms with Crippen LogP contribution in [0.3, 0.4) is 0 Å². The molecule has 3 rings (SSSR count). The van der Waals surface area contributed by atoms with E-state index in [-0.39, 0.29) is 24.1 Å². The molecule has 7 heteroatoms. The fourth-order valence-electron chi connectivity index (χ4n) is 3.49. The highest BCUT2D eigenvalue weighted by molar-refractivity contribution is 5.79. The van der Waals surface area contributed by atoms with Gasteiger partial charge in [-0.25, -0.2) is 4.39 Å². The third kappa shape index (κ3) is 4.84. The topological polar surface area (TPSA) is 65.8 Å². The molecule has 1 heterocycles. The van der Waals surface area contributed by atoms with Crippen molar-refractivity contribution >= 4 is 5.91 Å². The Bertz CT molecular complexity index is 887. The maximum Gasteiger partial charge on any atom is 0.227 e. The molecule has 1 atom stereocenters. The lowest BCUT2D eigenvalue weighted by Crippen LogP contribution is -2.49. The first kappa shape index (κ1) is 20.6. The lowest BCUT2D eigenvalue weighted by Gasteiger charge is -2.37. The molecule has 29 heavy (non-hydrogen) atoms. The van der Waals surface area contributed by atoms with Gasteiger partial charge in [-0.2, -0.15) is 5.26 Å². The zero-order chi connectivity index (χ0) is 20.8. The Morgan fingerprint density at radius 1 is 1.10 bits per heavy atom. The van der Waals surface area contributed by atoms with Gasteiger partial charge in [0.05, 0.1) is 26.7 Å². The third-order valence-corrected chi connectivity index (χ3v) is 5.16. The maximum atomic E-state index is 13.8. The van der Waals surface area contributed by atoms with Gasteiger partial charge in [-0.05, 0) is 35.4 Å². The maximum absolute atomic E-state index is 13.8. The highest BCUT2D eigenvalue weighted by Crippen LogP contribution is 2.24. The van der Waals surface area contributed by atoms with Crippen molar-refractivity contribution in [3.05, 3.63) is 59.4 Å². The van der Waals surface area contributed by atoms with E-state index in [0.29, 0.717) is 31.7 Å². The fraction of sp³-hybridized carbons (Fsp3) is 0.364. The Hall–Kier alpha value is -3.11. The van der Waals surface area contributed by atoms with Crippen molar-refractivity contribution in [3.8, 4) is 17.6 Å². The number of hydrogen-bond acceptors (Lipinski definition) is 5. The second-order valence-electron chi connectivity index (χ2n) is 6.87. The number of carbonyl (C=O) groups is 1. The summed E-state index contributed by atoms with van der Waals surface area (Å²) in [5.74, 6) is 0.387. The Morgan fingerprint density at radius 3 is 2.34 bits per heavy atom. The number of methoxy groups -OCH3 is 2. The average molecular weight is 397 g/mol. The number of hydrogen-bond donors (Lipinski definition) is 0. The standard InChI is InChI=1S/C22H24FN3O3/c1-28-18-6-4-17(5-7-18)20(15-24)25-9-11-26(12-10-25)22(27)14-16-3-8-21(29-2)19(23)13-16/h3-8,13,20H,9-12,14H2,1-2H3. The normalized spacial score (nSPS) is 15.4. The van der Waals surface area contributed by atoms with E-state index in [9.17, 15) is 14.4 Å². The van der Waals surface area contributed by atoms with Crippen LogP contribution in [0.4, 0.5) is 4.39 Å². The van der Waals surface area contributed by atoms with Gasteiger partial charge in [-0.1, -0.05) is 18.2 Å². The quantitative estimate of drug-likeness (QED) is 0.750. The van der Waals surface area contributed by atoms with Crippen LogP contribution in [-0.2, 0) is 11.2 Å². The molecular formula is C22H24FN3O3. The van der Waals surface area contributed by atoms with Gasteiger partial charge in [0.25, 0.3) is 0 Å². The molecule has 0 radical (unpaired) electrons. The summed E-state index contributed by atoms with van der Waals surface area (Å²) in [5, 5.41) is 9.65.